The predicted molar refractivity (Wildman–Crippen MR) is 65.2 cm³/mol. The lowest BCUT2D eigenvalue weighted by Gasteiger charge is -2.10. The van der Waals surface area contributed by atoms with Gasteiger partial charge >= 0.3 is 0 Å². The Balaban J connectivity index is 2.30. The molecule has 0 aliphatic carbocycles. The van der Waals surface area contributed by atoms with E-state index in [0.717, 1.165) is 6.54 Å². The van der Waals surface area contributed by atoms with Crippen LogP contribution in [0, 0.1) is 0 Å². The summed E-state index contributed by atoms with van der Waals surface area (Å²) in [6.07, 6.45) is 3.64. The van der Waals surface area contributed by atoms with Gasteiger partial charge in [-0.15, -0.1) is 11.3 Å². The zero-order valence-corrected chi connectivity index (χ0v) is 10.3. The van der Waals surface area contributed by atoms with Crippen molar-refractivity contribution in [1.82, 2.24) is 5.32 Å². The van der Waals surface area contributed by atoms with E-state index in [1.165, 1.54) is 29.0 Å². The van der Waals surface area contributed by atoms with Crippen LogP contribution < -0.4 is 5.32 Å². The Morgan fingerprint density at radius 3 is 2.57 bits per heavy atom. The van der Waals surface area contributed by atoms with Crippen molar-refractivity contribution in [1.29, 1.82) is 0 Å². The third kappa shape index (κ3) is 3.81. The minimum absolute atomic E-state index is 0.646. The third-order valence-electron chi connectivity index (χ3n) is 2.44. The Hall–Kier alpha value is -0.340. The Bertz CT molecular complexity index is 255. The summed E-state index contributed by atoms with van der Waals surface area (Å²) in [6.45, 7) is 7.72. The van der Waals surface area contributed by atoms with E-state index in [-0.39, 0.29) is 0 Å². The van der Waals surface area contributed by atoms with Gasteiger partial charge < -0.3 is 5.32 Å². The van der Waals surface area contributed by atoms with E-state index in [1.54, 1.807) is 0 Å². The first-order valence-electron chi connectivity index (χ1n) is 5.57. The molecule has 0 fully saturated rings. The summed E-state index contributed by atoms with van der Waals surface area (Å²) in [5, 5.41) is 3.44. The number of nitrogens with one attached hydrogen (secondary N) is 1. The van der Waals surface area contributed by atoms with Gasteiger partial charge in [0.15, 0.2) is 0 Å². The molecular weight excluding hydrogens is 190 g/mol. The molecule has 0 bridgehead atoms. The van der Waals surface area contributed by atoms with Crippen molar-refractivity contribution in [3.05, 3.63) is 21.9 Å². The van der Waals surface area contributed by atoms with Crippen LogP contribution >= 0.6 is 11.3 Å². The van der Waals surface area contributed by atoms with Crippen molar-refractivity contribution in [3.63, 3.8) is 0 Å². The van der Waals surface area contributed by atoms with Crippen molar-refractivity contribution >= 4 is 11.3 Å². The van der Waals surface area contributed by atoms with Crippen LogP contribution in [-0.2, 0) is 12.8 Å². The molecule has 14 heavy (non-hydrogen) atoms. The largest absolute Gasteiger partial charge is 0.315 e. The Morgan fingerprint density at radius 2 is 2.00 bits per heavy atom. The topological polar surface area (TPSA) is 12.0 Å². The average Bonchev–Trinajstić information content (AvgIpc) is 2.63. The van der Waals surface area contributed by atoms with Gasteiger partial charge in [-0.1, -0.05) is 13.8 Å². The lowest BCUT2D eigenvalue weighted by Crippen LogP contribution is -2.25. The van der Waals surface area contributed by atoms with Crippen LogP contribution in [0.5, 0.6) is 0 Å². The maximum Gasteiger partial charge on any atom is 0.00487 e. The first kappa shape index (κ1) is 11.7. The molecule has 1 unspecified atom stereocenters. The van der Waals surface area contributed by atoms with E-state index in [1.807, 2.05) is 11.3 Å². The lowest BCUT2D eigenvalue weighted by atomic mass is 10.1. The monoisotopic (exact) mass is 211 g/mol. The first-order chi connectivity index (χ1) is 6.76. The molecule has 1 atom stereocenters. The molecule has 0 saturated carbocycles. The van der Waals surface area contributed by atoms with Crippen LogP contribution in [0.4, 0.5) is 0 Å². The molecule has 0 aliphatic heterocycles. The van der Waals surface area contributed by atoms with Crippen molar-refractivity contribution in [2.75, 3.05) is 6.54 Å². The van der Waals surface area contributed by atoms with Gasteiger partial charge in [0.25, 0.3) is 0 Å². The molecular formula is C12H21NS. The van der Waals surface area contributed by atoms with Crippen molar-refractivity contribution in [2.45, 2.75) is 46.1 Å². The Labute approximate surface area is 91.5 Å². The van der Waals surface area contributed by atoms with Crippen LogP contribution in [0.15, 0.2) is 12.1 Å². The first-order valence-corrected chi connectivity index (χ1v) is 6.38. The van der Waals surface area contributed by atoms with Crippen LogP contribution in [-0.4, -0.2) is 12.6 Å². The number of hydrogen-bond acceptors (Lipinski definition) is 2. The molecule has 80 valence electrons. The Morgan fingerprint density at radius 1 is 1.29 bits per heavy atom. The fourth-order valence-corrected chi connectivity index (χ4v) is 2.53. The summed E-state index contributed by atoms with van der Waals surface area (Å²) >= 11 is 1.97. The van der Waals surface area contributed by atoms with Crippen LogP contribution in [0.3, 0.4) is 0 Å². The van der Waals surface area contributed by atoms with Gasteiger partial charge in [0, 0.05) is 15.8 Å². The molecule has 1 aromatic heterocycles. The molecule has 0 aromatic carbocycles. The minimum atomic E-state index is 0.646. The quantitative estimate of drug-likeness (QED) is 0.761. The number of rotatable bonds is 6. The van der Waals surface area contributed by atoms with Crippen molar-refractivity contribution < 1.29 is 0 Å². The molecule has 2 heteroatoms. The van der Waals surface area contributed by atoms with Gasteiger partial charge in [-0.3, -0.25) is 0 Å². The van der Waals surface area contributed by atoms with Crippen LogP contribution in [0.2, 0.25) is 0 Å². The van der Waals surface area contributed by atoms with Crippen molar-refractivity contribution in [2.24, 2.45) is 0 Å². The molecule has 1 aromatic rings. The maximum atomic E-state index is 3.44. The van der Waals surface area contributed by atoms with E-state index in [4.69, 9.17) is 0 Å². The summed E-state index contributed by atoms with van der Waals surface area (Å²) < 4.78 is 0. The summed E-state index contributed by atoms with van der Waals surface area (Å²) in [5.74, 6) is 0. The van der Waals surface area contributed by atoms with E-state index in [9.17, 15) is 0 Å². The molecule has 0 aliphatic rings. The zero-order chi connectivity index (χ0) is 10.4. The second-order valence-corrected chi connectivity index (χ2v) is 4.97. The highest BCUT2D eigenvalue weighted by molar-refractivity contribution is 7.11. The molecule has 1 heterocycles. The number of hydrogen-bond donors (Lipinski definition) is 1. The van der Waals surface area contributed by atoms with E-state index < -0.39 is 0 Å². The molecule has 1 nitrogen and oxygen atoms in total. The standard InChI is InChI=1S/C12H21NS/c1-4-11-8-9-12(14-11)7-6-10(3)13-5-2/h8-10,13H,4-7H2,1-3H3. The highest BCUT2D eigenvalue weighted by Crippen LogP contribution is 2.18. The van der Waals surface area contributed by atoms with Gasteiger partial charge in [-0.25, -0.2) is 0 Å². The molecule has 0 amide bonds. The van der Waals surface area contributed by atoms with Crippen LogP contribution in [0.25, 0.3) is 0 Å². The van der Waals surface area contributed by atoms with E-state index in [2.05, 4.69) is 38.2 Å². The second-order valence-electron chi connectivity index (χ2n) is 3.72. The van der Waals surface area contributed by atoms with Crippen LogP contribution in [0.1, 0.15) is 36.9 Å². The molecule has 1 rings (SSSR count). The SMILES string of the molecule is CCNC(C)CCc1ccc(CC)s1. The number of aryl methyl sites for hydroxylation is 2. The van der Waals surface area contributed by atoms with Gasteiger partial charge in [-0.2, -0.15) is 0 Å². The van der Waals surface area contributed by atoms with E-state index in [0.29, 0.717) is 6.04 Å². The fraction of sp³-hybridized carbons (Fsp3) is 0.667. The summed E-state index contributed by atoms with van der Waals surface area (Å²) in [5.41, 5.74) is 0. The minimum Gasteiger partial charge on any atom is -0.315 e. The lowest BCUT2D eigenvalue weighted by molar-refractivity contribution is 0.532. The second kappa shape index (κ2) is 6.20. The van der Waals surface area contributed by atoms with Crippen molar-refractivity contribution in [3.8, 4) is 0 Å². The highest BCUT2D eigenvalue weighted by atomic mass is 32.1. The van der Waals surface area contributed by atoms with Gasteiger partial charge in [-0.05, 0) is 44.9 Å². The molecule has 0 saturated heterocycles. The fourth-order valence-electron chi connectivity index (χ4n) is 1.56. The molecule has 1 N–H and O–H groups in total. The maximum absolute atomic E-state index is 3.44. The summed E-state index contributed by atoms with van der Waals surface area (Å²) in [4.78, 5) is 3.04. The zero-order valence-electron chi connectivity index (χ0n) is 9.47. The highest BCUT2D eigenvalue weighted by Gasteiger charge is 2.02. The van der Waals surface area contributed by atoms with Gasteiger partial charge in [0.1, 0.15) is 0 Å². The number of thiophene rings is 1. The predicted octanol–water partition coefficient (Wildman–Crippen LogP) is 3.24. The summed E-state index contributed by atoms with van der Waals surface area (Å²) in [6, 6.07) is 5.19. The molecule has 0 spiro atoms. The molecule has 0 radical (unpaired) electrons. The smallest absolute Gasteiger partial charge is 0.00487 e. The Kier molecular flexibility index (Phi) is 5.20. The average molecular weight is 211 g/mol. The normalized spacial score (nSPS) is 13.1. The summed E-state index contributed by atoms with van der Waals surface area (Å²) in [7, 11) is 0. The van der Waals surface area contributed by atoms with Gasteiger partial charge in [0.2, 0.25) is 0 Å². The third-order valence-corrected chi connectivity index (χ3v) is 3.73. The van der Waals surface area contributed by atoms with E-state index >= 15 is 0 Å². The van der Waals surface area contributed by atoms with Gasteiger partial charge in [0.05, 0.1) is 0 Å².